The normalized spacial score (nSPS) is 10.1. The average molecular weight is 390 g/mol. The van der Waals surface area contributed by atoms with E-state index in [1.54, 1.807) is 42.6 Å². The molecule has 29 heavy (non-hydrogen) atoms. The number of ether oxygens (including phenoxy) is 1. The minimum Gasteiger partial charge on any atom is -0.494 e. The molecule has 0 aliphatic carbocycles. The highest BCUT2D eigenvalue weighted by atomic mass is 16.5. The van der Waals surface area contributed by atoms with Crippen molar-refractivity contribution in [3.63, 3.8) is 0 Å². The molecule has 0 fully saturated rings. The number of pyridine rings is 1. The monoisotopic (exact) mass is 390 g/mol. The quantitative estimate of drug-likeness (QED) is 0.555. The number of aromatic nitrogens is 1. The molecule has 0 atom stereocenters. The lowest BCUT2D eigenvalue weighted by molar-refractivity contribution is -0.114. The van der Waals surface area contributed by atoms with Crippen LogP contribution in [0.15, 0.2) is 66.9 Å². The Bertz CT molecular complexity index is 968. The molecule has 7 heteroatoms. The van der Waals surface area contributed by atoms with Gasteiger partial charge in [0.05, 0.1) is 18.5 Å². The number of hydrogen-bond donors (Lipinski definition) is 3. The standard InChI is InChI=1S/C22H22N4O3/c1-3-29-20-11-8-17(9-12-20)25-19-10-13-21(23-14-19)22(28)26-18-6-4-16(5-7-18)24-15(2)27/h4-14,25H,3H2,1-2H3,(H,24,27)(H,26,28). The van der Waals surface area contributed by atoms with Crippen molar-refractivity contribution >= 4 is 34.6 Å². The summed E-state index contributed by atoms with van der Waals surface area (Å²) in [5, 5.41) is 8.68. The highest BCUT2D eigenvalue weighted by Gasteiger charge is 2.08. The molecule has 7 nitrogen and oxygen atoms in total. The van der Waals surface area contributed by atoms with Crippen molar-refractivity contribution in [3.05, 3.63) is 72.6 Å². The minimum atomic E-state index is -0.315. The van der Waals surface area contributed by atoms with E-state index in [2.05, 4.69) is 20.9 Å². The van der Waals surface area contributed by atoms with Crippen LogP contribution >= 0.6 is 0 Å². The number of amides is 2. The molecule has 0 radical (unpaired) electrons. The first-order valence-electron chi connectivity index (χ1n) is 9.18. The van der Waals surface area contributed by atoms with Gasteiger partial charge < -0.3 is 20.7 Å². The summed E-state index contributed by atoms with van der Waals surface area (Å²) in [5.74, 6) is 0.350. The first-order valence-corrected chi connectivity index (χ1v) is 9.18. The van der Waals surface area contributed by atoms with Crippen LogP contribution in [0.3, 0.4) is 0 Å². The summed E-state index contributed by atoms with van der Waals surface area (Å²) in [7, 11) is 0. The zero-order valence-electron chi connectivity index (χ0n) is 16.2. The van der Waals surface area contributed by atoms with Crippen molar-refractivity contribution in [1.29, 1.82) is 0 Å². The second kappa shape index (κ2) is 9.36. The van der Waals surface area contributed by atoms with Crippen molar-refractivity contribution in [1.82, 2.24) is 4.98 Å². The van der Waals surface area contributed by atoms with Gasteiger partial charge in [0.25, 0.3) is 5.91 Å². The van der Waals surface area contributed by atoms with E-state index in [9.17, 15) is 9.59 Å². The Morgan fingerprint density at radius 3 is 1.97 bits per heavy atom. The molecule has 0 aliphatic rings. The van der Waals surface area contributed by atoms with Gasteiger partial charge in [-0.25, -0.2) is 4.98 Å². The van der Waals surface area contributed by atoms with E-state index >= 15 is 0 Å². The molecule has 1 aromatic heterocycles. The van der Waals surface area contributed by atoms with E-state index < -0.39 is 0 Å². The van der Waals surface area contributed by atoms with Crippen molar-refractivity contribution in [2.75, 3.05) is 22.6 Å². The summed E-state index contributed by atoms with van der Waals surface area (Å²) in [6.07, 6.45) is 1.60. The van der Waals surface area contributed by atoms with Gasteiger partial charge in [0.2, 0.25) is 5.91 Å². The van der Waals surface area contributed by atoms with Gasteiger partial charge in [0, 0.05) is 24.0 Å². The van der Waals surface area contributed by atoms with Crippen LogP contribution < -0.4 is 20.7 Å². The SMILES string of the molecule is CCOc1ccc(Nc2ccc(C(=O)Nc3ccc(NC(C)=O)cc3)nc2)cc1. The summed E-state index contributed by atoms with van der Waals surface area (Å²) < 4.78 is 5.42. The predicted octanol–water partition coefficient (Wildman–Crippen LogP) is 4.43. The second-order valence-electron chi connectivity index (χ2n) is 6.23. The maximum atomic E-state index is 12.4. The summed E-state index contributed by atoms with van der Waals surface area (Å²) >= 11 is 0. The predicted molar refractivity (Wildman–Crippen MR) is 114 cm³/mol. The molecule has 2 amide bonds. The van der Waals surface area contributed by atoms with Crippen molar-refractivity contribution in [2.24, 2.45) is 0 Å². The van der Waals surface area contributed by atoms with E-state index in [0.717, 1.165) is 17.1 Å². The maximum absolute atomic E-state index is 12.4. The fourth-order valence-electron chi connectivity index (χ4n) is 2.61. The molecule has 0 bridgehead atoms. The fourth-order valence-corrected chi connectivity index (χ4v) is 2.61. The van der Waals surface area contributed by atoms with E-state index in [4.69, 9.17) is 4.74 Å². The number of hydrogen-bond acceptors (Lipinski definition) is 5. The molecule has 3 N–H and O–H groups in total. The van der Waals surface area contributed by atoms with Gasteiger partial charge >= 0.3 is 0 Å². The zero-order chi connectivity index (χ0) is 20.6. The minimum absolute atomic E-state index is 0.148. The molecule has 3 aromatic rings. The zero-order valence-corrected chi connectivity index (χ0v) is 16.2. The third-order valence-electron chi connectivity index (χ3n) is 3.91. The summed E-state index contributed by atoms with van der Waals surface area (Å²) in [5.41, 5.74) is 3.24. The fraction of sp³-hybridized carbons (Fsp3) is 0.136. The van der Waals surface area contributed by atoms with Crippen LogP contribution in [0.1, 0.15) is 24.3 Å². The molecular weight excluding hydrogens is 368 g/mol. The van der Waals surface area contributed by atoms with Crippen LogP contribution in [0.4, 0.5) is 22.7 Å². The summed E-state index contributed by atoms with van der Waals surface area (Å²) in [6, 6.07) is 17.9. The first kappa shape index (κ1) is 19.9. The Labute approximate surface area is 169 Å². The van der Waals surface area contributed by atoms with E-state index in [1.807, 2.05) is 31.2 Å². The van der Waals surface area contributed by atoms with Crippen LogP contribution in [0.2, 0.25) is 0 Å². The lowest BCUT2D eigenvalue weighted by atomic mass is 10.2. The Balaban J connectivity index is 1.58. The third-order valence-corrected chi connectivity index (χ3v) is 3.91. The molecule has 2 aromatic carbocycles. The molecular formula is C22H22N4O3. The van der Waals surface area contributed by atoms with Gasteiger partial charge in [-0.05, 0) is 67.6 Å². The molecule has 0 unspecified atom stereocenters. The van der Waals surface area contributed by atoms with Gasteiger partial charge in [0.15, 0.2) is 0 Å². The van der Waals surface area contributed by atoms with Crippen molar-refractivity contribution in [3.8, 4) is 5.75 Å². The smallest absolute Gasteiger partial charge is 0.274 e. The Hall–Kier alpha value is -3.87. The van der Waals surface area contributed by atoms with Gasteiger partial charge in [-0.1, -0.05) is 0 Å². The van der Waals surface area contributed by atoms with Crippen LogP contribution in [0.25, 0.3) is 0 Å². The lowest BCUT2D eigenvalue weighted by Crippen LogP contribution is -2.13. The molecule has 0 spiro atoms. The number of nitrogens with zero attached hydrogens (tertiary/aromatic N) is 1. The summed E-state index contributed by atoms with van der Waals surface area (Å²) in [4.78, 5) is 27.6. The molecule has 1 heterocycles. The number of rotatable bonds is 7. The topological polar surface area (TPSA) is 92.4 Å². The average Bonchev–Trinajstić information content (AvgIpc) is 2.71. The van der Waals surface area contributed by atoms with Gasteiger partial charge in [-0.2, -0.15) is 0 Å². The molecule has 148 valence electrons. The highest BCUT2D eigenvalue weighted by Crippen LogP contribution is 2.20. The Morgan fingerprint density at radius 1 is 0.828 bits per heavy atom. The molecule has 0 saturated carbocycles. The van der Waals surface area contributed by atoms with Crippen molar-refractivity contribution < 1.29 is 14.3 Å². The van der Waals surface area contributed by atoms with Crippen LogP contribution in [-0.2, 0) is 4.79 Å². The maximum Gasteiger partial charge on any atom is 0.274 e. The number of anilines is 4. The highest BCUT2D eigenvalue weighted by molar-refractivity contribution is 6.03. The molecule has 3 rings (SSSR count). The van der Waals surface area contributed by atoms with E-state index in [0.29, 0.717) is 23.7 Å². The van der Waals surface area contributed by atoms with E-state index in [-0.39, 0.29) is 11.8 Å². The number of carbonyl (C=O) groups is 2. The molecule has 0 saturated heterocycles. The van der Waals surface area contributed by atoms with Crippen LogP contribution in [-0.4, -0.2) is 23.4 Å². The number of nitrogens with one attached hydrogen (secondary N) is 3. The number of benzene rings is 2. The summed E-state index contributed by atoms with van der Waals surface area (Å²) in [6.45, 7) is 4.01. The largest absolute Gasteiger partial charge is 0.494 e. The Kier molecular flexibility index (Phi) is 6.42. The lowest BCUT2D eigenvalue weighted by Gasteiger charge is -2.09. The Morgan fingerprint density at radius 2 is 1.41 bits per heavy atom. The van der Waals surface area contributed by atoms with Crippen LogP contribution in [0, 0.1) is 0 Å². The van der Waals surface area contributed by atoms with Gasteiger partial charge in [-0.3, -0.25) is 9.59 Å². The second-order valence-corrected chi connectivity index (χ2v) is 6.23. The third kappa shape index (κ3) is 5.80. The van der Waals surface area contributed by atoms with Crippen LogP contribution in [0.5, 0.6) is 5.75 Å². The first-order chi connectivity index (χ1) is 14.0. The van der Waals surface area contributed by atoms with Gasteiger partial charge in [-0.15, -0.1) is 0 Å². The van der Waals surface area contributed by atoms with Crippen molar-refractivity contribution in [2.45, 2.75) is 13.8 Å². The van der Waals surface area contributed by atoms with Gasteiger partial charge in [0.1, 0.15) is 11.4 Å². The van der Waals surface area contributed by atoms with E-state index in [1.165, 1.54) is 6.92 Å². The molecule has 0 aliphatic heterocycles. The number of carbonyl (C=O) groups excluding carboxylic acids is 2.